The Morgan fingerprint density at radius 3 is 2.83 bits per heavy atom. The monoisotopic (exact) mass is 250 g/mol. The van der Waals surface area contributed by atoms with Gasteiger partial charge in [-0.15, -0.1) is 11.3 Å². The van der Waals surface area contributed by atoms with Crippen LogP contribution in [0.2, 0.25) is 0 Å². The van der Waals surface area contributed by atoms with Gasteiger partial charge < -0.3 is 4.98 Å². The van der Waals surface area contributed by atoms with Crippen LogP contribution in [0.1, 0.15) is 0 Å². The normalized spacial score (nSPS) is 11.3. The van der Waals surface area contributed by atoms with Crippen LogP contribution < -0.4 is 0 Å². The standard InChI is InChI=1S/C15H10N2S/c1-3-13-12(5-6-16-13)7-10(1)11-2-4-15-14(8-11)17-9-18-15/h1-9,16H. The van der Waals surface area contributed by atoms with Gasteiger partial charge in [0.05, 0.1) is 15.7 Å². The highest BCUT2D eigenvalue weighted by Gasteiger charge is 2.03. The zero-order valence-electron chi connectivity index (χ0n) is 9.55. The largest absolute Gasteiger partial charge is 0.361 e. The maximum Gasteiger partial charge on any atom is 0.0818 e. The zero-order valence-corrected chi connectivity index (χ0v) is 10.4. The minimum absolute atomic E-state index is 1.08. The van der Waals surface area contributed by atoms with Gasteiger partial charge >= 0.3 is 0 Å². The van der Waals surface area contributed by atoms with E-state index in [0.717, 1.165) is 5.52 Å². The number of H-pyrrole nitrogens is 1. The number of rotatable bonds is 1. The molecule has 2 aromatic carbocycles. The molecule has 0 saturated carbocycles. The molecule has 2 nitrogen and oxygen atoms in total. The Balaban J connectivity index is 1.93. The average Bonchev–Trinajstić information content (AvgIpc) is 3.05. The maximum absolute atomic E-state index is 4.37. The average molecular weight is 250 g/mol. The van der Waals surface area contributed by atoms with Gasteiger partial charge in [0.15, 0.2) is 0 Å². The molecule has 0 saturated heterocycles. The number of hydrogen-bond acceptors (Lipinski definition) is 2. The highest BCUT2D eigenvalue weighted by molar-refractivity contribution is 7.16. The summed E-state index contributed by atoms with van der Waals surface area (Å²) in [6.45, 7) is 0. The van der Waals surface area contributed by atoms with E-state index in [0.29, 0.717) is 0 Å². The highest BCUT2D eigenvalue weighted by atomic mass is 32.1. The third-order valence-corrected chi connectivity index (χ3v) is 4.03. The van der Waals surface area contributed by atoms with Gasteiger partial charge in [-0.05, 0) is 46.8 Å². The molecular formula is C15H10N2S. The highest BCUT2D eigenvalue weighted by Crippen LogP contribution is 2.27. The van der Waals surface area contributed by atoms with Crippen molar-refractivity contribution in [2.75, 3.05) is 0 Å². The van der Waals surface area contributed by atoms with Crippen LogP contribution in [0.5, 0.6) is 0 Å². The van der Waals surface area contributed by atoms with Crippen LogP contribution in [0.15, 0.2) is 54.2 Å². The van der Waals surface area contributed by atoms with Gasteiger partial charge in [-0.25, -0.2) is 4.98 Å². The summed E-state index contributed by atoms with van der Waals surface area (Å²) in [6, 6.07) is 15.0. The van der Waals surface area contributed by atoms with E-state index < -0.39 is 0 Å². The summed E-state index contributed by atoms with van der Waals surface area (Å²) in [4.78, 5) is 7.58. The van der Waals surface area contributed by atoms with Gasteiger partial charge in [0.1, 0.15) is 0 Å². The van der Waals surface area contributed by atoms with E-state index in [4.69, 9.17) is 0 Å². The van der Waals surface area contributed by atoms with E-state index in [1.54, 1.807) is 11.3 Å². The van der Waals surface area contributed by atoms with Gasteiger partial charge in [0.2, 0.25) is 0 Å². The minimum Gasteiger partial charge on any atom is -0.361 e. The lowest BCUT2D eigenvalue weighted by atomic mass is 10.0. The van der Waals surface area contributed by atoms with Gasteiger partial charge in [0.25, 0.3) is 0 Å². The molecule has 2 heterocycles. The lowest BCUT2D eigenvalue weighted by Crippen LogP contribution is -1.78. The number of aromatic nitrogens is 2. The molecule has 4 rings (SSSR count). The lowest BCUT2D eigenvalue weighted by molar-refractivity contribution is 1.48. The Morgan fingerprint density at radius 2 is 1.83 bits per heavy atom. The molecular weight excluding hydrogens is 240 g/mol. The van der Waals surface area contributed by atoms with E-state index in [2.05, 4.69) is 52.4 Å². The number of aromatic amines is 1. The Hall–Kier alpha value is -2.13. The first-order valence-corrected chi connectivity index (χ1v) is 6.69. The maximum atomic E-state index is 4.37. The van der Waals surface area contributed by atoms with Gasteiger partial charge in [0, 0.05) is 11.7 Å². The molecule has 0 spiro atoms. The molecule has 0 aliphatic carbocycles. The van der Waals surface area contributed by atoms with E-state index in [-0.39, 0.29) is 0 Å². The molecule has 0 unspecified atom stereocenters. The van der Waals surface area contributed by atoms with Crippen LogP contribution in [0.3, 0.4) is 0 Å². The van der Waals surface area contributed by atoms with Crippen molar-refractivity contribution < 1.29 is 0 Å². The van der Waals surface area contributed by atoms with Crippen molar-refractivity contribution in [1.82, 2.24) is 9.97 Å². The molecule has 86 valence electrons. The molecule has 18 heavy (non-hydrogen) atoms. The van der Waals surface area contributed by atoms with Crippen LogP contribution in [-0.2, 0) is 0 Å². The molecule has 0 bridgehead atoms. The topological polar surface area (TPSA) is 28.7 Å². The predicted molar refractivity (Wildman–Crippen MR) is 76.9 cm³/mol. The van der Waals surface area contributed by atoms with Crippen LogP contribution in [0.4, 0.5) is 0 Å². The summed E-state index contributed by atoms with van der Waals surface area (Å²) < 4.78 is 1.24. The Bertz CT molecular complexity index is 770. The minimum atomic E-state index is 1.08. The predicted octanol–water partition coefficient (Wildman–Crippen LogP) is 4.44. The summed E-state index contributed by atoms with van der Waals surface area (Å²) in [5.41, 5.74) is 6.60. The first-order valence-electron chi connectivity index (χ1n) is 5.81. The zero-order chi connectivity index (χ0) is 11.9. The van der Waals surface area contributed by atoms with Crippen LogP contribution in [0.25, 0.3) is 32.2 Å². The number of hydrogen-bond donors (Lipinski definition) is 1. The summed E-state index contributed by atoms with van der Waals surface area (Å²) in [5, 5.41) is 1.24. The SMILES string of the molecule is c1cc2cc(-c3ccc4scnc4c3)ccc2[nH]1. The first-order chi connectivity index (χ1) is 8.90. The van der Waals surface area contributed by atoms with Gasteiger partial charge in [-0.3, -0.25) is 0 Å². The summed E-state index contributed by atoms with van der Waals surface area (Å²) in [7, 11) is 0. The van der Waals surface area contributed by atoms with E-state index in [1.807, 2.05) is 11.7 Å². The van der Waals surface area contributed by atoms with Gasteiger partial charge in [-0.1, -0.05) is 12.1 Å². The van der Waals surface area contributed by atoms with E-state index in [1.165, 1.54) is 26.7 Å². The van der Waals surface area contributed by atoms with E-state index >= 15 is 0 Å². The third kappa shape index (κ3) is 1.45. The molecule has 4 aromatic rings. The van der Waals surface area contributed by atoms with E-state index in [9.17, 15) is 0 Å². The molecule has 0 aliphatic rings. The number of thiazole rings is 1. The number of fused-ring (bicyclic) bond motifs is 2. The second-order valence-electron chi connectivity index (χ2n) is 4.31. The summed E-state index contributed by atoms with van der Waals surface area (Å²) in [6.07, 6.45) is 1.97. The van der Waals surface area contributed by atoms with Crippen LogP contribution >= 0.6 is 11.3 Å². The second-order valence-corrected chi connectivity index (χ2v) is 5.20. The van der Waals surface area contributed by atoms with Crippen LogP contribution in [0, 0.1) is 0 Å². The quantitative estimate of drug-likeness (QED) is 0.531. The van der Waals surface area contributed by atoms with Crippen molar-refractivity contribution in [3.63, 3.8) is 0 Å². The molecule has 1 N–H and O–H groups in total. The van der Waals surface area contributed by atoms with Crippen molar-refractivity contribution in [2.24, 2.45) is 0 Å². The molecule has 0 fully saturated rings. The second kappa shape index (κ2) is 3.68. The number of benzene rings is 2. The molecule has 0 amide bonds. The summed E-state index contributed by atoms with van der Waals surface area (Å²) >= 11 is 1.68. The first kappa shape index (κ1) is 9.85. The molecule has 3 heteroatoms. The molecule has 2 aromatic heterocycles. The smallest absolute Gasteiger partial charge is 0.0818 e. The molecule has 0 aliphatic heterocycles. The van der Waals surface area contributed by atoms with Gasteiger partial charge in [-0.2, -0.15) is 0 Å². The lowest BCUT2D eigenvalue weighted by Gasteiger charge is -2.02. The number of nitrogens with one attached hydrogen (secondary N) is 1. The fourth-order valence-corrected chi connectivity index (χ4v) is 2.93. The number of nitrogens with zero attached hydrogens (tertiary/aromatic N) is 1. The van der Waals surface area contributed by atoms with Crippen molar-refractivity contribution in [1.29, 1.82) is 0 Å². The third-order valence-electron chi connectivity index (χ3n) is 3.22. The molecule has 0 radical (unpaired) electrons. The Kier molecular flexibility index (Phi) is 2.02. The van der Waals surface area contributed by atoms with Crippen molar-refractivity contribution in [3.8, 4) is 11.1 Å². The summed E-state index contributed by atoms with van der Waals surface area (Å²) in [5.74, 6) is 0. The van der Waals surface area contributed by atoms with Crippen molar-refractivity contribution in [3.05, 3.63) is 54.2 Å². The fourth-order valence-electron chi connectivity index (χ4n) is 2.27. The Morgan fingerprint density at radius 1 is 0.944 bits per heavy atom. The Labute approximate surface area is 108 Å². The van der Waals surface area contributed by atoms with Crippen molar-refractivity contribution >= 4 is 32.5 Å². The fraction of sp³-hybridized carbons (Fsp3) is 0. The van der Waals surface area contributed by atoms with Crippen molar-refractivity contribution in [2.45, 2.75) is 0 Å². The van der Waals surface area contributed by atoms with Crippen LogP contribution in [-0.4, -0.2) is 9.97 Å². The molecule has 0 atom stereocenters.